The Labute approximate surface area is 107 Å². The SMILES string of the molecule is CCC1CCCN1c1ccc(C(N)=S)cc1F. The molecule has 0 aliphatic carbocycles. The summed E-state index contributed by atoms with van der Waals surface area (Å²) in [6.45, 7) is 3.08. The van der Waals surface area contributed by atoms with Crippen LogP contribution in [0, 0.1) is 5.82 Å². The minimum absolute atomic E-state index is 0.226. The maximum absolute atomic E-state index is 14.0. The molecule has 2 rings (SSSR count). The van der Waals surface area contributed by atoms with Gasteiger partial charge in [0.15, 0.2) is 0 Å². The van der Waals surface area contributed by atoms with Gasteiger partial charge < -0.3 is 10.6 Å². The van der Waals surface area contributed by atoms with Crippen LogP contribution in [0.25, 0.3) is 0 Å². The third-order valence-corrected chi connectivity index (χ3v) is 3.63. The summed E-state index contributed by atoms with van der Waals surface area (Å²) < 4.78 is 14.0. The average Bonchev–Trinajstić information content (AvgIpc) is 2.76. The standard InChI is InChI=1S/C13H17FN2S/c1-2-10-4-3-7-16(10)12-6-5-9(13(15)17)8-11(12)14/h5-6,8,10H,2-4,7H2,1H3,(H2,15,17). The van der Waals surface area contributed by atoms with Crippen LogP contribution in [-0.2, 0) is 0 Å². The fourth-order valence-electron chi connectivity index (χ4n) is 2.47. The Morgan fingerprint density at radius 1 is 1.59 bits per heavy atom. The van der Waals surface area contributed by atoms with E-state index in [0.717, 1.165) is 25.8 Å². The zero-order valence-corrected chi connectivity index (χ0v) is 10.8. The molecule has 1 aliphatic rings. The molecule has 0 spiro atoms. The first-order valence-corrected chi connectivity index (χ1v) is 6.40. The Morgan fingerprint density at radius 3 is 2.94 bits per heavy atom. The normalized spacial score (nSPS) is 19.6. The van der Waals surface area contributed by atoms with Gasteiger partial charge in [0.05, 0.1) is 5.69 Å². The van der Waals surface area contributed by atoms with Crippen LogP contribution < -0.4 is 10.6 Å². The lowest BCUT2D eigenvalue weighted by atomic mass is 10.1. The van der Waals surface area contributed by atoms with Crippen molar-refractivity contribution in [2.45, 2.75) is 32.2 Å². The van der Waals surface area contributed by atoms with Crippen molar-refractivity contribution in [3.05, 3.63) is 29.6 Å². The Morgan fingerprint density at radius 2 is 2.35 bits per heavy atom. The second-order valence-electron chi connectivity index (χ2n) is 4.43. The molecule has 2 nitrogen and oxygen atoms in total. The van der Waals surface area contributed by atoms with E-state index in [1.165, 1.54) is 6.07 Å². The van der Waals surface area contributed by atoms with Crippen molar-refractivity contribution < 1.29 is 4.39 Å². The second-order valence-corrected chi connectivity index (χ2v) is 4.87. The molecular weight excluding hydrogens is 235 g/mol. The van der Waals surface area contributed by atoms with Crippen LogP contribution in [0.4, 0.5) is 10.1 Å². The zero-order valence-electron chi connectivity index (χ0n) is 9.95. The molecule has 0 saturated carbocycles. The Balaban J connectivity index is 2.30. The number of benzene rings is 1. The predicted octanol–water partition coefficient (Wildman–Crippen LogP) is 2.84. The Bertz CT molecular complexity index is 433. The van der Waals surface area contributed by atoms with Crippen molar-refractivity contribution in [3.8, 4) is 0 Å². The van der Waals surface area contributed by atoms with Crippen molar-refractivity contribution in [3.63, 3.8) is 0 Å². The predicted molar refractivity (Wildman–Crippen MR) is 72.9 cm³/mol. The van der Waals surface area contributed by atoms with Crippen molar-refractivity contribution >= 4 is 22.9 Å². The topological polar surface area (TPSA) is 29.3 Å². The number of anilines is 1. The van der Waals surface area contributed by atoms with E-state index < -0.39 is 0 Å². The number of hydrogen-bond acceptors (Lipinski definition) is 2. The summed E-state index contributed by atoms with van der Waals surface area (Å²) in [5.74, 6) is -0.226. The molecule has 1 heterocycles. The Kier molecular flexibility index (Phi) is 3.62. The quantitative estimate of drug-likeness (QED) is 0.839. The van der Waals surface area contributed by atoms with E-state index in [-0.39, 0.29) is 10.8 Å². The van der Waals surface area contributed by atoms with Crippen molar-refractivity contribution in [2.75, 3.05) is 11.4 Å². The molecule has 0 radical (unpaired) electrons. The molecule has 1 aromatic carbocycles. The van der Waals surface area contributed by atoms with Gasteiger partial charge in [-0.2, -0.15) is 0 Å². The highest BCUT2D eigenvalue weighted by Crippen LogP contribution is 2.29. The van der Waals surface area contributed by atoms with Gasteiger partial charge in [-0.3, -0.25) is 0 Å². The highest BCUT2D eigenvalue weighted by atomic mass is 32.1. The van der Waals surface area contributed by atoms with E-state index in [1.54, 1.807) is 12.1 Å². The number of thiocarbonyl (C=S) groups is 1. The first-order chi connectivity index (χ1) is 8.13. The molecule has 17 heavy (non-hydrogen) atoms. The minimum atomic E-state index is -0.226. The highest BCUT2D eigenvalue weighted by molar-refractivity contribution is 7.80. The molecular formula is C13H17FN2S. The largest absolute Gasteiger partial charge is 0.389 e. The fraction of sp³-hybridized carbons (Fsp3) is 0.462. The van der Waals surface area contributed by atoms with Gasteiger partial charge in [-0.25, -0.2) is 4.39 Å². The minimum Gasteiger partial charge on any atom is -0.389 e. The highest BCUT2D eigenvalue weighted by Gasteiger charge is 2.25. The van der Waals surface area contributed by atoms with Crippen molar-refractivity contribution in [2.24, 2.45) is 5.73 Å². The first kappa shape index (κ1) is 12.3. The summed E-state index contributed by atoms with van der Waals surface area (Å²) in [6, 6.07) is 5.48. The maximum atomic E-state index is 14.0. The lowest BCUT2D eigenvalue weighted by molar-refractivity contribution is 0.597. The van der Waals surface area contributed by atoms with E-state index in [2.05, 4.69) is 11.8 Å². The summed E-state index contributed by atoms with van der Waals surface area (Å²) in [5.41, 5.74) is 6.76. The number of nitrogens with two attached hydrogens (primary N) is 1. The molecule has 92 valence electrons. The molecule has 2 N–H and O–H groups in total. The molecule has 1 unspecified atom stereocenters. The lowest BCUT2D eigenvalue weighted by Crippen LogP contribution is -2.29. The van der Waals surface area contributed by atoms with Gasteiger partial charge in [0.2, 0.25) is 0 Å². The summed E-state index contributed by atoms with van der Waals surface area (Å²) in [6.07, 6.45) is 3.33. The van der Waals surface area contributed by atoms with Gasteiger partial charge >= 0.3 is 0 Å². The molecule has 1 atom stereocenters. The van der Waals surface area contributed by atoms with E-state index in [9.17, 15) is 4.39 Å². The van der Waals surface area contributed by atoms with Crippen LogP contribution in [0.5, 0.6) is 0 Å². The molecule has 1 fully saturated rings. The van der Waals surface area contributed by atoms with Gasteiger partial charge in [-0.15, -0.1) is 0 Å². The Hall–Kier alpha value is -1.16. The molecule has 1 aliphatic heterocycles. The summed E-state index contributed by atoms with van der Waals surface area (Å²) in [7, 11) is 0. The number of rotatable bonds is 3. The van der Waals surface area contributed by atoms with Crippen molar-refractivity contribution in [1.82, 2.24) is 0 Å². The van der Waals surface area contributed by atoms with Gasteiger partial charge in [0, 0.05) is 18.2 Å². The van der Waals surface area contributed by atoms with E-state index in [1.807, 2.05) is 0 Å². The smallest absolute Gasteiger partial charge is 0.147 e. The van der Waals surface area contributed by atoms with Crippen LogP contribution >= 0.6 is 12.2 Å². The van der Waals surface area contributed by atoms with Gasteiger partial charge in [0.25, 0.3) is 0 Å². The molecule has 0 bridgehead atoms. The molecule has 4 heteroatoms. The van der Waals surface area contributed by atoms with E-state index in [0.29, 0.717) is 17.3 Å². The van der Waals surface area contributed by atoms with Crippen LogP contribution in [-0.4, -0.2) is 17.6 Å². The first-order valence-electron chi connectivity index (χ1n) is 5.99. The third kappa shape index (κ3) is 2.41. The molecule has 1 saturated heterocycles. The maximum Gasteiger partial charge on any atom is 0.147 e. The van der Waals surface area contributed by atoms with Crippen LogP contribution in [0.2, 0.25) is 0 Å². The van der Waals surface area contributed by atoms with E-state index in [4.69, 9.17) is 18.0 Å². The monoisotopic (exact) mass is 252 g/mol. The fourth-order valence-corrected chi connectivity index (χ4v) is 2.60. The number of halogens is 1. The van der Waals surface area contributed by atoms with Crippen LogP contribution in [0.1, 0.15) is 31.7 Å². The third-order valence-electron chi connectivity index (χ3n) is 3.39. The summed E-state index contributed by atoms with van der Waals surface area (Å²) >= 11 is 4.84. The summed E-state index contributed by atoms with van der Waals surface area (Å²) in [4.78, 5) is 2.39. The summed E-state index contributed by atoms with van der Waals surface area (Å²) in [5, 5.41) is 0. The average molecular weight is 252 g/mol. The molecule has 1 aromatic rings. The number of hydrogen-bond donors (Lipinski definition) is 1. The van der Waals surface area contributed by atoms with Gasteiger partial charge in [-0.05, 0) is 37.5 Å². The van der Waals surface area contributed by atoms with E-state index >= 15 is 0 Å². The lowest BCUT2D eigenvalue weighted by Gasteiger charge is -2.26. The van der Waals surface area contributed by atoms with Gasteiger partial charge in [0.1, 0.15) is 10.8 Å². The zero-order chi connectivity index (χ0) is 12.4. The van der Waals surface area contributed by atoms with Crippen molar-refractivity contribution in [1.29, 1.82) is 0 Å². The van der Waals surface area contributed by atoms with Gasteiger partial charge in [-0.1, -0.05) is 19.1 Å². The van der Waals surface area contributed by atoms with Crippen LogP contribution in [0.3, 0.4) is 0 Å². The molecule has 0 aromatic heterocycles. The second kappa shape index (κ2) is 5.00. The van der Waals surface area contributed by atoms with Crippen LogP contribution in [0.15, 0.2) is 18.2 Å². The number of nitrogens with zero attached hydrogens (tertiary/aromatic N) is 1. The molecule has 0 amide bonds.